The summed E-state index contributed by atoms with van der Waals surface area (Å²) < 4.78 is 0. The van der Waals surface area contributed by atoms with Crippen LogP contribution in [-0.4, -0.2) is 16.4 Å². The van der Waals surface area contributed by atoms with E-state index in [0.717, 1.165) is 12.0 Å². The minimum atomic E-state index is -0.263. The summed E-state index contributed by atoms with van der Waals surface area (Å²) in [5.74, 6) is 0.0268. The molecule has 0 aliphatic rings. The lowest BCUT2D eigenvalue weighted by atomic mass is 9.94. The van der Waals surface area contributed by atoms with E-state index in [1.807, 2.05) is 44.2 Å². The number of hydrogen-bond acceptors (Lipinski definition) is 2. The number of nitrogens with one attached hydrogen (secondary N) is 1. The van der Waals surface area contributed by atoms with E-state index in [0.29, 0.717) is 6.42 Å². The summed E-state index contributed by atoms with van der Waals surface area (Å²) in [6, 6.07) is 13.9. The molecule has 2 rings (SSSR count). The van der Waals surface area contributed by atoms with Crippen LogP contribution in [-0.2, 0) is 17.6 Å². The quantitative estimate of drug-likeness (QED) is 0.906. The second-order valence-corrected chi connectivity index (χ2v) is 5.63. The average Bonchev–Trinajstić information content (AvgIpc) is 2.39. The van der Waals surface area contributed by atoms with E-state index < -0.39 is 0 Å². The van der Waals surface area contributed by atoms with Crippen LogP contribution in [0.2, 0.25) is 0 Å². The smallest absolute Gasteiger partial charge is 0.224 e. The predicted molar refractivity (Wildman–Crippen MR) is 80.3 cm³/mol. The number of benzene rings is 1. The van der Waals surface area contributed by atoms with Gasteiger partial charge in [-0.2, -0.15) is 0 Å². The summed E-state index contributed by atoms with van der Waals surface area (Å²) in [4.78, 5) is 16.1. The third-order valence-electron chi connectivity index (χ3n) is 3.05. The van der Waals surface area contributed by atoms with Crippen molar-refractivity contribution in [3.05, 3.63) is 66.0 Å². The molecule has 1 N–H and O–H groups in total. The van der Waals surface area contributed by atoms with Crippen LogP contribution in [0.4, 0.5) is 0 Å². The number of hydrogen-bond donors (Lipinski definition) is 1. The largest absolute Gasteiger partial charge is 0.351 e. The standard InChI is InChI=1S/C17H20N2O/c1-17(2,12-14-7-4-3-5-8-14)19-16(20)11-15-9-6-10-18-13-15/h3-10,13H,11-12H2,1-2H3,(H,19,20). The Labute approximate surface area is 120 Å². The summed E-state index contributed by atoms with van der Waals surface area (Å²) in [6.07, 6.45) is 4.61. The van der Waals surface area contributed by atoms with Gasteiger partial charge in [0.05, 0.1) is 6.42 Å². The van der Waals surface area contributed by atoms with E-state index >= 15 is 0 Å². The van der Waals surface area contributed by atoms with Gasteiger partial charge in [0.25, 0.3) is 0 Å². The molecule has 104 valence electrons. The van der Waals surface area contributed by atoms with Gasteiger partial charge in [-0.05, 0) is 37.5 Å². The van der Waals surface area contributed by atoms with Crippen molar-refractivity contribution in [3.8, 4) is 0 Å². The second-order valence-electron chi connectivity index (χ2n) is 5.63. The molecule has 0 saturated carbocycles. The van der Waals surface area contributed by atoms with Gasteiger partial charge in [-0.3, -0.25) is 9.78 Å². The fourth-order valence-corrected chi connectivity index (χ4v) is 2.26. The van der Waals surface area contributed by atoms with E-state index in [1.165, 1.54) is 5.56 Å². The first kappa shape index (κ1) is 14.3. The first-order valence-corrected chi connectivity index (χ1v) is 6.79. The number of nitrogens with zero attached hydrogens (tertiary/aromatic N) is 1. The van der Waals surface area contributed by atoms with Crippen LogP contribution in [0.1, 0.15) is 25.0 Å². The topological polar surface area (TPSA) is 42.0 Å². The number of rotatable bonds is 5. The number of pyridine rings is 1. The Morgan fingerprint density at radius 3 is 2.45 bits per heavy atom. The van der Waals surface area contributed by atoms with Gasteiger partial charge in [0.1, 0.15) is 0 Å². The number of amides is 1. The van der Waals surface area contributed by atoms with Crippen LogP contribution in [0.25, 0.3) is 0 Å². The van der Waals surface area contributed by atoms with Crippen LogP contribution >= 0.6 is 0 Å². The summed E-state index contributed by atoms with van der Waals surface area (Å²) in [5.41, 5.74) is 1.89. The number of aromatic nitrogens is 1. The fourth-order valence-electron chi connectivity index (χ4n) is 2.26. The van der Waals surface area contributed by atoms with Crippen molar-refractivity contribution in [3.63, 3.8) is 0 Å². The maximum atomic E-state index is 12.1. The highest BCUT2D eigenvalue weighted by Gasteiger charge is 2.20. The highest BCUT2D eigenvalue weighted by molar-refractivity contribution is 5.79. The maximum absolute atomic E-state index is 12.1. The molecule has 0 aliphatic heterocycles. The first-order chi connectivity index (χ1) is 9.55. The molecule has 0 atom stereocenters. The molecule has 2 aromatic rings. The molecule has 20 heavy (non-hydrogen) atoms. The number of carbonyl (C=O) groups excluding carboxylic acids is 1. The first-order valence-electron chi connectivity index (χ1n) is 6.79. The molecule has 1 heterocycles. The van der Waals surface area contributed by atoms with Crippen molar-refractivity contribution in [2.24, 2.45) is 0 Å². The lowest BCUT2D eigenvalue weighted by molar-refractivity contribution is -0.122. The van der Waals surface area contributed by atoms with Crippen molar-refractivity contribution < 1.29 is 4.79 Å². The van der Waals surface area contributed by atoms with Crippen LogP contribution in [0.3, 0.4) is 0 Å². The Morgan fingerprint density at radius 2 is 1.80 bits per heavy atom. The minimum absolute atomic E-state index is 0.0268. The molecule has 0 spiro atoms. The zero-order valence-corrected chi connectivity index (χ0v) is 12.0. The normalized spacial score (nSPS) is 11.1. The summed E-state index contributed by atoms with van der Waals surface area (Å²) in [7, 11) is 0. The second kappa shape index (κ2) is 6.33. The van der Waals surface area contributed by atoms with Gasteiger partial charge in [-0.25, -0.2) is 0 Å². The van der Waals surface area contributed by atoms with E-state index in [2.05, 4.69) is 22.4 Å². The molecule has 0 aliphatic carbocycles. The minimum Gasteiger partial charge on any atom is -0.351 e. The Kier molecular flexibility index (Phi) is 4.51. The van der Waals surface area contributed by atoms with Crippen molar-refractivity contribution in [1.29, 1.82) is 0 Å². The molecule has 0 radical (unpaired) electrons. The van der Waals surface area contributed by atoms with Gasteiger partial charge in [0.2, 0.25) is 5.91 Å². The summed E-state index contributed by atoms with van der Waals surface area (Å²) in [6.45, 7) is 4.09. The molecular weight excluding hydrogens is 248 g/mol. The van der Waals surface area contributed by atoms with Gasteiger partial charge in [-0.1, -0.05) is 36.4 Å². The van der Waals surface area contributed by atoms with E-state index in [9.17, 15) is 4.79 Å². The fraction of sp³-hybridized carbons (Fsp3) is 0.294. The lowest BCUT2D eigenvalue weighted by Gasteiger charge is -2.26. The Morgan fingerprint density at radius 1 is 1.10 bits per heavy atom. The van der Waals surface area contributed by atoms with Crippen LogP contribution in [0.5, 0.6) is 0 Å². The van der Waals surface area contributed by atoms with Gasteiger partial charge < -0.3 is 5.32 Å². The molecule has 3 nitrogen and oxygen atoms in total. The highest BCUT2D eigenvalue weighted by atomic mass is 16.1. The molecular formula is C17H20N2O. The number of carbonyl (C=O) groups is 1. The third-order valence-corrected chi connectivity index (χ3v) is 3.05. The Bertz CT molecular complexity index is 550. The van der Waals surface area contributed by atoms with Crippen LogP contribution < -0.4 is 5.32 Å². The van der Waals surface area contributed by atoms with E-state index in [4.69, 9.17) is 0 Å². The summed E-state index contributed by atoms with van der Waals surface area (Å²) in [5, 5.41) is 3.09. The Balaban J connectivity index is 1.92. The molecule has 1 amide bonds. The maximum Gasteiger partial charge on any atom is 0.224 e. The van der Waals surface area contributed by atoms with E-state index in [1.54, 1.807) is 12.4 Å². The monoisotopic (exact) mass is 268 g/mol. The van der Waals surface area contributed by atoms with E-state index in [-0.39, 0.29) is 11.4 Å². The van der Waals surface area contributed by atoms with Crippen molar-refractivity contribution in [2.45, 2.75) is 32.2 Å². The molecule has 3 heteroatoms. The third kappa shape index (κ3) is 4.50. The molecule has 0 saturated heterocycles. The van der Waals surface area contributed by atoms with Gasteiger partial charge in [0, 0.05) is 17.9 Å². The molecule has 1 aromatic heterocycles. The van der Waals surface area contributed by atoms with Crippen LogP contribution in [0.15, 0.2) is 54.9 Å². The molecule has 0 fully saturated rings. The lowest BCUT2D eigenvalue weighted by Crippen LogP contribution is -2.45. The van der Waals surface area contributed by atoms with Gasteiger partial charge >= 0.3 is 0 Å². The van der Waals surface area contributed by atoms with Crippen molar-refractivity contribution in [2.75, 3.05) is 0 Å². The molecule has 0 unspecified atom stereocenters. The van der Waals surface area contributed by atoms with Crippen molar-refractivity contribution >= 4 is 5.91 Å². The molecule has 1 aromatic carbocycles. The summed E-state index contributed by atoms with van der Waals surface area (Å²) >= 11 is 0. The van der Waals surface area contributed by atoms with Gasteiger partial charge in [-0.15, -0.1) is 0 Å². The zero-order valence-electron chi connectivity index (χ0n) is 12.0. The van der Waals surface area contributed by atoms with Crippen LogP contribution in [0, 0.1) is 0 Å². The zero-order chi connectivity index (χ0) is 14.4. The van der Waals surface area contributed by atoms with Crippen molar-refractivity contribution in [1.82, 2.24) is 10.3 Å². The predicted octanol–water partition coefficient (Wildman–Crippen LogP) is 2.76. The molecule has 0 bridgehead atoms. The average molecular weight is 268 g/mol. The highest BCUT2D eigenvalue weighted by Crippen LogP contribution is 2.12. The Hall–Kier alpha value is -2.16. The van der Waals surface area contributed by atoms with Gasteiger partial charge in [0.15, 0.2) is 0 Å². The SMILES string of the molecule is CC(C)(Cc1ccccc1)NC(=O)Cc1cccnc1.